The van der Waals surface area contributed by atoms with Crippen molar-refractivity contribution >= 4 is 6.21 Å². The van der Waals surface area contributed by atoms with Crippen LogP contribution in [0.3, 0.4) is 0 Å². The van der Waals surface area contributed by atoms with Gasteiger partial charge in [0.05, 0.1) is 18.4 Å². The molecule has 98 valence electrons. The number of hydrogen-bond donors (Lipinski definition) is 0. The van der Waals surface area contributed by atoms with Gasteiger partial charge in [0, 0.05) is 6.42 Å². The number of benzene rings is 1. The third-order valence-corrected chi connectivity index (χ3v) is 2.51. The number of halogens is 3. The summed E-state index contributed by atoms with van der Waals surface area (Å²) in [6.07, 6.45) is -1.58. The third kappa shape index (κ3) is 3.46. The Balaban J connectivity index is 1.91. The average molecular weight is 259 g/mol. The Bertz CT molecular complexity index is 408. The second kappa shape index (κ2) is 5.39. The van der Waals surface area contributed by atoms with Crippen molar-refractivity contribution in [3.63, 3.8) is 0 Å². The summed E-state index contributed by atoms with van der Waals surface area (Å²) in [4.78, 5) is 5.03. The van der Waals surface area contributed by atoms with Gasteiger partial charge >= 0.3 is 6.18 Å². The average Bonchev–Trinajstić information content (AvgIpc) is 2.82. The molecule has 1 aromatic rings. The molecule has 0 aliphatic carbocycles. The lowest BCUT2D eigenvalue weighted by atomic mass is 10.1. The number of nitrogens with zero attached hydrogens (tertiary/aromatic N) is 1. The van der Waals surface area contributed by atoms with Crippen LogP contribution in [-0.2, 0) is 15.8 Å². The Labute approximate surface area is 102 Å². The van der Waals surface area contributed by atoms with E-state index in [4.69, 9.17) is 9.57 Å². The zero-order valence-electron chi connectivity index (χ0n) is 9.48. The molecule has 1 heterocycles. The molecule has 1 fully saturated rings. The summed E-state index contributed by atoms with van der Waals surface area (Å²) in [5.74, 6) is 0. The minimum atomic E-state index is -4.32. The predicted molar refractivity (Wildman–Crippen MR) is 59.1 cm³/mol. The number of ether oxygens (including phenoxy) is 1. The Morgan fingerprint density at radius 1 is 1.28 bits per heavy atom. The van der Waals surface area contributed by atoms with Gasteiger partial charge in [0.2, 0.25) is 6.29 Å². The number of alkyl halides is 3. The Morgan fingerprint density at radius 3 is 2.56 bits per heavy atom. The van der Waals surface area contributed by atoms with Gasteiger partial charge in [-0.05, 0) is 24.1 Å². The molecule has 1 aromatic carbocycles. The Hall–Kier alpha value is -1.56. The molecule has 18 heavy (non-hydrogen) atoms. The van der Waals surface area contributed by atoms with E-state index in [0.29, 0.717) is 12.2 Å². The third-order valence-electron chi connectivity index (χ3n) is 2.51. The van der Waals surface area contributed by atoms with Crippen LogP contribution in [0.1, 0.15) is 24.0 Å². The quantitative estimate of drug-likeness (QED) is 0.616. The zero-order chi connectivity index (χ0) is 13.0. The van der Waals surface area contributed by atoms with E-state index in [0.717, 1.165) is 25.0 Å². The van der Waals surface area contributed by atoms with Crippen LogP contribution in [0.4, 0.5) is 13.2 Å². The molecule has 2 rings (SSSR count). The summed E-state index contributed by atoms with van der Waals surface area (Å²) in [6.45, 7) is 0.653. The predicted octanol–water partition coefficient (Wildman–Crippen LogP) is 3.19. The van der Waals surface area contributed by atoms with Crippen molar-refractivity contribution < 1.29 is 22.7 Å². The molecule has 0 spiro atoms. The fraction of sp³-hybridized carbons (Fsp3) is 0.417. The number of oxime groups is 1. The van der Waals surface area contributed by atoms with Gasteiger partial charge in [0.25, 0.3) is 0 Å². The van der Waals surface area contributed by atoms with Crippen molar-refractivity contribution in [2.24, 2.45) is 5.16 Å². The molecule has 0 N–H and O–H groups in total. The monoisotopic (exact) mass is 259 g/mol. The minimum absolute atomic E-state index is 0.337. The highest BCUT2D eigenvalue weighted by Gasteiger charge is 2.29. The molecule has 1 aliphatic heterocycles. The van der Waals surface area contributed by atoms with Gasteiger partial charge in [-0.15, -0.1) is 0 Å². The van der Waals surface area contributed by atoms with Crippen LogP contribution in [0, 0.1) is 0 Å². The fourth-order valence-electron chi connectivity index (χ4n) is 1.55. The maximum absolute atomic E-state index is 12.3. The molecule has 0 saturated carbocycles. The second-order valence-corrected chi connectivity index (χ2v) is 3.90. The SMILES string of the molecule is FC(F)(F)c1ccc(C=NOC2CCCO2)cc1. The molecule has 1 unspecified atom stereocenters. The molecule has 0 radical (unpaired) electrons. The van der Waals surface area contributed by atoms with E-state index in [2.05, 4.69) is 5.16 Å². The largest absolute Gasteiger partial charge is 0.416 e. The molecule has 0 bridgehead atoms. The standard InChI is InChI=1S/C12H12F3NO2/c13-12(14,15)10-5-3-9(4-6-10)8-16-18-11-2-1-7-17-11/h3-6,8,11H,1-2,7H2. The number of rotatable bonds is 3. The van der Waals surface area contributed by atoms with E-state index in [-0.39, 0.29) is 6.29 Å². The van der Waals surface area contributed by atoms with Gasteiger partial charge in [-0.25, -0.2) is 0 Å². The van der Waals surface area contributed by atoms with Crippen LogP contribution in [0.2, 0.25) is 0 Å². The summed E-state index contributed by atoms with van der Waals surface area (Å²) in [7, 11) is 0. The molecule has 6 heteroatoms. The van der Waals surface area contributed by atoms with E-state index in [1.54, 1.807) is 0 Å². The first-order chi connectivity index (χ1) is 8.55. The van der Waals surface area contributed by atoms with Crippen LogP contribution in [0.25, 0.3) is 0 Å². The lowest BCUT2D eigenvalue weighted by Crippen LogP contribution is -2.06. The fourth-order valence-corrected chi connectivity index (χ4v) is 1.55. The highest BCUT2D eigenvalue weighted by molar-refractivity contribution is 5.79. The summed E-state index contributed by atoms with van der Waals surface area (Å²) in [5.41, 5.74) is -0.138. The van der Waals surface area contributed by atoms with Crippen LogP contribution >= 0.6 is 0 Å². The highest BCUT2D eigenvalue weighted by atomic mass is 19.4. The van der Waals surface area contributed by atoms with Crippen molar-refractivity contribution in [3.8, 4) is 0 Å². The van der Waals surface area contributed by atoms with Gasteiger partial charge < -0.3 is 9.57 Å². The molecular weight excluding hydrogens is 247 g/mol. The molecule has 1 aliphatic rings. The van der Waals surface area contributed by atoms with Crippen molar-refractivity contribution in [2.75, 3.05) is 6.61 Å². The van der Waals surface area contributed by atoms with Gasteiger partial charge in [0.15, 0.2) is 0 Å². The number of hydrogen-bond acceptors (Lipinski definition) is 3. The van der Waals surface area contributed by atoms with E-state index in [1.807, 2.05) is 0 Å². The summed E-state index contributed by atoms with van der Waals surface area (Å²) < 4.78 is 42.1. The van der Waals surface area contributed by atoms with Gasteiger partial charge in [-0.3, -0.25) is 0 Å². The van der Waals surface area contributed by atoms with Crippen molar-refractivity contribution in [1.82, 2.24) is 0 Å². The Kier molecular flexibility index (Phi) is 3.86. The molecule has 0 aromatic heterocycles. The van der Waals surface area contributed by atoms with Crippen molar-refractivity contribution in [1.29, 1.82) is 0 Å². The molecule has 3 nitrogen and oxygen atoms in total. The van der Waals surface area contributed by atoms with Gasteiger partial charge in [-0.2, -0.15) is 13.2 Å². The normalized spacial score (nSPS) is 20.5. The summed E-state index contributed by atoms with van der Waals surface area (Å²) in [5, 5.41) is 3.68. The van der Waals surface area contributed by atoms with E-state index < -0.39 is 11.7 Å². The van der Waals surface area contributed by atoms with Gasteiger partial charge in [0.1, 0.15) is 0 Å². The van der Waals surface area contributed by atoms with Crippen LogP contribution < -0.4 is 0 Å². The minimum Gasteiger partial charge on any atom is -0.364 e. The Morgan fingerprint density at radius 2 is 2.00 bits per heavy atom. The van der Waals surface area contributed by atoms with Gasteiger partial charge in [-0.1, -0.05) is 17.3 Å². The summed E-state index contributed by atoms with van der Waals surface area (Å²) >= 11 is 0. The zero-order valence-corrected chi connectivity index (χ0v) is 9.48. The molecule has 1 saturated heterocycles. The molecule has 0 amide bonds. The van der Waals surface area contributed by atoms with Crippen LogP contribution in [0.15, 0.2) is 29.4 Å². The highest BCUT2D eigenvalue weighted by Crippen LogP contribution is 2.28. The first kappa shape index (κ1) is 12.9. The molecule has 1 atom stereocenters. The lowest BCUT2D eigenvalue weighted by molar-refractivity contribution is -0.137. The topological polar surface area (TPSA) is 30.8 Å². The summed E-state index contributed by atoms with van der Waals surface area (Å²) in [6, 6.07) is 4.69. The van der Waals surface area contributed by atoms with E-state index >= 15 is 0 Å². The van der Waals surface area contributed by atoms with E-state index in [1.165, 1.54) is 18.3 Å². The maximum Gasteiger partial charge on any atom is 0.416 e. The lowest BCUT2D eigenvalue weighted by Gasteiger charge is -2.06. The smallest absolute Gasteiger partial charge is 0.364 e. The van der Waals surface area contributed by atoms with E-state index in [9.17, 15) is 13.2 Å². The molecular formula is C12H12F3NO2. The second-order valence-electron chi connectivity index (χ2n) is 3.90. The van der Waals surface area contributed by atoms with Crippen molar-refractivity contribution in [3.05, 3.63) is 35.4 Å². The van der Waals surface area contributed by atoms with Crippen LogP contribution in [-0.4, -0.2) is 19.1 Å². The first-order valence-electron chi connectivity index (χ1n) is 5.54. The van der Waals surface area contributed by atoms with Crippen molar-refractivity contribution in [2.45, 2.75) is 25.3 Å². The maximum atomic E-state index is 12.3. The van der Waals surface area contributed by atoms with Crippen LogP contribution in [0.5, 0.6) is 0 Å². The first-order valence-corrected chi connectivity index (χ1v) is 5.54.